The quantitative estimate of drug-likeness (QED) is 0.256. The van der Waals surface area contributed by atoms with E-state index >= 15 is 0 Å². The van der Waals surface area contributed by atoms with Crippen molar-refractivity contribution >= 4 is 52.9 Å². The molecule has 200 valence electrons. The van der Waals surface area contributed by atoms with Gasteiger partial charge in [0.25, 0.3) is 0 Å². The van der Waals surface area contributed by atoms with Crippen LogP contribution < -0.4 is 5.32 Å². The van der Waals surface area contributed by atoms with Gasteiger partial charge in [0.15, 0.2) is 5.17 Å². The number of hydrogen-bond acceptors (Lipinski definition) is 8. The highest BCUT2D eigenvalue weighted by atomic mass is 79.9. The van der Waals surface area contributed by atoms with Crippen LogP contribution in [-0.4, -0.2) is 60.5 Å². The lowest BCUT2D eigenvalue weighted by molar-refractivity contribution is -0.167. The maximum Gasteiger partial charge on any atom is 0.359 e. The summed E-state index contributed by atoms with van der Waals surface area (Å²) in [6.45, 7) is 14.1. The summed E-state index contributed by atoms with van der Waals surface area (Å²) in [5.74, 6) is -1.98. The fourth-order valence-electron chi connectivity index (χ4n) is 4.17. The van der Waals surface area contributed by atoms with Crippen LogP contribution in [0.15, 0.2) is 21.7 Å². The van der Waals surface area contributed by atoms with E-state index in [0.717, 1.165) is 6.04 Å². The van der Waals surface area contributed by atoms with Crippen molar-refractivity contribution < 1.29 is 28.2 Å². The van der Waals surface area contributed by atoms with Crippen molar-refractivity contribution in [3.05, 3.63) is 28.2 Å². The van der Waals surface area contributed by atoms with E-state index in [0.29, 0.717) is 17.5 Å². The largest absolute Gasteiger partial charge is 0.468 e. The van der Waals surface area contributed by atoms with E-state index in [1.165, 1.54) is 25.1 Å². The molecule has 1 saturated heterocycles. The summed E-state index contributed by atoms with van der Waals surface area (Å²) in [6.07, 6.45) is 0.585. The molecule has 0 amide bonds. The Morgan fingerprint density at radius 2 is 2.06 bits per heavy atom. The number of methoxy groups -OCH3 is 1. The van der Waals surface area contributed by atoms with Gasteiger partial charge in [-0.05, 0) is 62.2 Å². The first kappa shape index (κ1) is 29.1. The van der Waals surface area contributed by atoms with Gasteiger partial charge >= 0.3 is 11.9 Å². The fraction of sp³-hybridized carbons (Fsp3) is 0.667. The van der Waals surface area contributed by atoms with Gasteiger partial charge in [-0.2, -0.15) is 4.39 Å². The summed E-state index contributed by atoms with van der Waals surface area (Å²) in [4.78, 5) is 34.3. The molecular weight excluding hydrogens is 569 g/mol. The number of aromatic nitrogens is 1. The number of ether oxygens (including phenoxy) is 3. The summed E-state index contributed by atoms with van der Waals surface area (Å²) >= 11 is 4.54. The predicted molar refractivity (Wildman–Crippen MR) is 144 cm³/mol. The summed E-state index contributed by atoms with van der Waals surface area (Å²) in [7, 11) is -0.107. The lowest BCUT2D eigenvalue weighted by Crippen LogP contribution is -2.53. The molecular formula is C24H35BrFN3O5SSi. The number of rotatable bonds is 8. The van der Waals surface area contributed by atoms with Crippen LogP contribution in [0.2, 0.25) is 25.7 Å². The summed E-state index contributed by atoms with van der Waals surface area (Å²) < 4.78 is 31.2. The van der Waals surface area contributed by atoms with Crippen LogP contribution in [0.3, 0.4) is 0 Å². The lowest BCUT2D eigenvalue weighted by Gasteiger charge is -2.39. The molecule has 8 nitrogen and oxygen atoms in total. The predicted octanol–water partition coefficient (Wildman–Crippen LogP) is 4.85. The molecule has 1 aromatic heterocycles. The molecule has 0 bridgehead atoms. The highest BCUT2D eigenvalue weighted by Crippen LogP contribution is 2.65. The summed E-state index contributed by atoms with van der Waals surface area (Å²) in [6, 6.07) is 2.47. The third-order valence-electron chi connectivity index (χ3n) is 6.12. The average Bonchev–Trinajstić information content (AvgIpc) is 3.49. The molecule has 1 aliphatic heterocycles. The third-order valence-corrected chi connectivity index (χ3v) is 9.64. The Balaban J connectivity index is 2.01. The molecule has 3 rings (SSSR count). The topological polar surface area (TPSA) is 99.1 Å². The Hall–Kier alpha value is -1.50. The van der Waals surface area contributed by atoms with E-state index in [9.17, 15) is 14.0 Å². The highest BCUT2D eigenvalue weighted by molar-refractivity contribution is 9.10. The van der Waals surface area contributed by atoms with Crippen LogP contribution >= 0.6 is 27.7 Å². The molecule has 2 aliphatic rings. The minimum atomic E-state index is -1.43. The van der Waals surface area contributed by atoms with E-state index in [1.54, 1.807) is 33.8 Å². The molecule has 1 N–H and O–H groups in total. The first-order valence-corrected chi connectivity index (χ1v) is 17.1. The van der Waals surface area contributed by atoms with Crippen molar-refractivity contribution in [2.75, 3.05) is 13.7 Å². The number of nitrogens with zero attached hydrogens (tertiary/aromatic N) is 2. The molecule has 0 unspecified atom stereocenters. The van der Waals surface area contributed by atoms with Gasteiger partial charge in [0.05, 0.1) is 12.6 Å². The normalized spacial score (nSPS) is 27.6. The van der Waals surface area contributed by atoms with Gasteiger partial charge < -0.3 is 19.5 Å². The lowest BCUT2D eigenvalue weighted by atomic mass is 9.86. The molecule has 12 heteroatoms. The number of aliphatic imine (C=N–C) groups is 1. The standard InChI is InChI=1S/C24H35BrFN3O5SSi/c1-22(2,3)34-19(30)18(33-9-10-36(6,7)8)28-21-29-23(4,15-11-14(25)13-27-17(15)26)16-12-24(16,35-21)20(31)32-5/h11,13,16,18H,9-10,12H2,1-8H3,(H,28,29)/t16-,18-,23+,24-/m0/s1. The number of hydrogen-bond donors (Lipinski definition) is 1. The van der Waals surface area contributed by atoms with Crippen LogP contribution in [-0.2, 0) is 29.3 Å². The molecule has 1 saturated carbocycles. The van der Waals surface area contributed by atoms with Crippen molar-refractivity contribution in [3.63, 3.8) is 0 Å². The van der Waals surface area contributed by atoms with Crippen LogP contribution in [0.1, 0.15) is 39.7 Å². The molecule has 2 fully saturated rings. The summed E-state index contributed by atoms with van der Waals surface area (Å²) in [5, 5.41) is 3.57. The van der Waals surface area contributed by atoms with Gasteiger partial charge in [0, 0.05) is 36.8 Å². The zero-order valence-corrected chi connectivity index (χ0v) is 25.4. The number of halogens is 2. The SMILES string of the molecule is COC(=O)[C@]12C[C@H]1[C@@](C)(c1cc(Br)cnc1F)N/C(=N/[C@@H](OCC[Si](C)(C)C)C(=O)OC(C)(C)C)S2. The van der Waals surface area contributed by atoms with Crippen LogP contribution in [0.5, 0.6) is 0 Å². The Morgan fingerprint density at radius 1 is 1.39 bits per heavy atom. The van der Waals surface area contributed by atoms with Crippen molar-refractivity contribution in [2.45, 2.75) is 81.9 Å². The van der Waals surface area contributed by atoms with Crippen molar-refractivity contribution in [2.24, 2.45) is 10.9 Å². The smallest absolute Gasteiger partial charge is 0.359 e. The minimum Gasteiger partial charge on any atom is -0.468 e. The number of pyridine rings is 1. The Kier molecular flexibility index (Phi) is 8.34. The van der Waals surface area contributed by atoms with Crippen LogP contribution in [0.25, 0.3) is 0 Å². The molecule has 36 heavy (non-hydrogen) atoms. The number of thioether (sulfide) groups is 1. The van der Waals surface area contributed by atoms with Crippen molar-refractivity contribution in [1.29, 1.82) is 0 Å². The molecule has 0 radical (unpaired) electrons. The molecule has 1 aromatic rings. The number of esters is 2. The van der Waals surface area contributed by atoms with Gasteiger partial charge in [-0.15, -0.1) is 0 Å². The number of carbonyl (C=O) groups is 2. The first-order chi connectivity index (χ1) is 16.5. The fourth-order valence-corrected chi connectivity index (χ4v) is 6.78. The molecule has 4 atom stereocenters. The maximum absolute atomic E-state index is 15.0. The maximum atomic E-state index is 15.0. The Labute approximate surface area is 225 Å². The molecule has 0 spiro atoms. The van der Waals surface area contributed by atoms with E-state index < -0.39 is 48.1 Å². The molecule has 2 heterocycles. The average molecular weight is 605 g/mol. The van der Waals surface area contributed by atoms with Crippen LogP contribution in [0.4, 0.5) is 4.39 Å². The Bertz CT molecular complexity index is 1060. The number of fused-ring (bicyclic) bond motifs is 1. The number of carbonyl (C=O) groups excluding carboxylic acids is 2. The Morgan fingerprint density at radius 3 is 2.64 bits per heavy atom. The van der Waals surface area contributed by atoms with Crippen molar-refractivity contribution in [1.82, 2.24) is 10.3 Å². The molecule has 1 aliphatic carbocycles. The third kappa shape index (κ3) is 6.49. The second-order valence-corrected chi connectivity index (χ2v) is 19.4. The zero-order chi connectivity index (χ0) is 27.1. The second-order valence-electron chi connectivity index (χ2n) is 11.6. The van der Waals surface area contributed by atoms with Crippen LogP contribution in [0, 0.1) is 11.9 Å². The van der Waals surface area contributed by atoms with E-state index in [2.05, 4.69) is 50.9 Å². The van der Waals surface area contributed by atoms with E-state index in [-0.39, 0.29) is 16.6 Å². The van der Waals surface area contributed by atoms with Gasteiger partial charge in [0.1, 0.15) is 10.3 Å². The monoisotopic (exact) mass is 603 g/mol. The van der Waals surface area contributed by atoms with Gasteiger partial charge in [-0.25, -0.2) is 14.8 Å². The van der Waals surface area contributed by atoms with Gasteiger partial charge in [0.2, 0.25) is 12.2 Å². The summed E-state index contributed by atoms with van der Waals surface area (Å²) in [5.41, 5.74) is -1.48. The van der Waals surface area contributed by atoms with Gasteiger partial charge in [-0.3, -0.25) is 4.79 Å². The second kappa shape index (κ2) is 10.3. The van der Waals surface area contributed by atoms with E-state index in [1.807, 2.05) is 0 Å². The van der Waals surface area contributed by atoms with Crippen molar-refractivity contribution in [3.8, 4) is 0 Å². The number of nitrogens with one attached hydrogen (secondary N) is 1. The van der Waals surface area contributed by atoms with E-state index in [4.69, 9.17) is 14.2 Å². The first-order valence-electron chi connectivity index (χ1n) is 11.8. The zero-order valence-electron chi connectivity index (χ0n) is 22.0. The highest BCUT2D eigenvalue weighted by Gasteiger charge is 2.72. The minimum absolute atomic E-state index is 0.278. The number of amidine groups is 1. The van der Waals surface area contributed by atoms with Gasteiger partial charge in [-0.1, -0.05) is 31.4 Å². The molecule has 0 aromatic carbocycles.